The lowest BCUT2D eigenvalue weighted by Crippen LogP contribution is -2.26. The first kappa shape index (κ1) is 18.9. The van der Waals surface area contributed by atoms with Gasteiger partial charge in [-0.2, -0.15) is 0 Å². The van der Waals surface area contributed by atoms with Crippen molar-refractivity contribution in [1.82, 2.24) is 5.32 Å². The Balaban J connectivity index is 2.29. The van der Waals surface area contributed by atoms with Crippen LogP contribution < -0.4 is 10.0 Å². The Labute approximate surface area is 147 Å². The molecule has 0 aliphatic heterocycles. The van der Waals surface area contributed by atoms with E-state index in [9.17, 15) is 17.6 Å². The van der Waals surface area contributed by atoms with Gasteiger partial charge in [-0.25, -0.2) is 12.8 Å². The molecule has 7 heteroatoms. The molecule has 0 aliphatic rings. The number of sulfonamides is 1. The second-order valence-corrected chi connectivity index (χ2v) is 7.32. The molecule has 0 aliphatic carbocycles. The van der Waals surface area contributed by atoms with Crippen LogP contribution in [0.15, 0.2) is 47.4 Å². The number of halogens is 1. The molecule has 0 spiro atoms. The van der Waals surface area contributed by atoms with Crippen LogP contribution >= 0.6 is 0 Å². The van der Waals surface area contributed by atoms with E-state index < -0.39 is 15.8 Å². The first-order valence-corrected chi connectivity index (χ1v) is 9.49. The number of carbonyl (C=O) groups is 1. The number of unbranched alkanes of at least 4 members (excludes halogenated alkanes) is 1. The number of carbonyl (C=O) groups excluding carboxylic acids is 1. The van der Waals surface area contributed by atoms with Gasteiger partial charge in [-0.3, -0.25) is 9.52 Å². The summed E-state index contributed by atoms with van der Waals surface area (Å²) in [5.41, 5.74) is 0.708. The summed E-state index contributed by atoms with van der Waals surface area (Å²) in [6, 6.07) is 9.81. The van der Waals surface area contributed by atoms with Crippen LogP contribution in [0.25, 0.3) is 0 Å². The molecule has 0 heterocycles. The maximum Gasteiger partial charge on any atom is 0.262 e. The monoisotopic (exact) mass is 364 g/mol. The Hall–Kier alpha value is -2.41. The molecular weight excluding hydrogens is 343 g/mol. The number of para-hydroxylation sites is 1. The summed E-state index contributed by atoms with van der Waals surface area (Å²) in [5, 5.41) is 2.76. The van der Waals surface area contributed by atoms with Crippen molar-refractivity contribution < 1.29 is 17.6 Å². The predicted octanol–water partition coefficient (Wildman–Crippen LogP) is 3.46. The van der Waals surface area contributed by atoms with Crippen LogP contribution in [0.1, 0.15) is 35.7 Å². The van der Waals surface area contributed by atoms with Crippen LogP contribution in [0.5, 0.6) is 0 Å². The first-order valence-electron chi connectivity index (χ1n) is 8.01. The first-order chi connectivity index (χ1) is 11.8. The minimum atomic E-state index is -3.94. The summed E-state index contributed by atoms with van der Waals surface area (Å²) in [6.07, 6.45) is 1.78. The van der Waals surface area contributed by atoms with Gasteiger partial charge in [0.1, 0.15) is 5.82 Å². The zero-order chi connectivity index (χ0) is 18.4. The van der Waals surface area contributed by atoms with Gasteiger partial charge in [0.05, 0.1) is 16.1 Å². The van der Waals surface area contributed by atoms with E-state index in [0.717, 1.165) is 25.0 Å². The third-order valence-electron chi connectivity index (χ3n) is 3.66. The molecule has 25 heavy (non-hydrogen) atoms. The van der Waals surface area contributed by atoms with Crippen LogP contribution in [-0.4, -0.2) is 20.9 Å². The SMILES string of the molecule is CCCCNC(=O)c1ccccc1NS(=O)(=O)c1ccc(F)cc1C. The Morgan fingerprint density at radius 1 is 1.16 bits per heavy atom. The Kier molecular flexibility index (Phi) is 6.14. The van der Waals surface area contributed by atoms with E-state index in [4.69, 9.17) is 0 Å². The summed E-state index contributed by atoms with van der Waals surface area (Å²) in [5.74, 6) is -0.852. The van der Waals surface area contributed by atoms with Gasteiger partial charge in [0, 0.05) is 6.54 Å². The fourth-order valence-electron chi connectivity index (χ4n) is 2.36. The van der Waals surface area contributed by atoms with E-state index in [1.807, 2.05) is 6.92 Å². The number of benzene rings is 2. The number of rotatable bonds is 7. The van der Waals surface area contributed by atoms with Crippen LogP contribution in [0.2, 0.25) is 0 Å². The van der Waals surface area contributed by atoms with E-state index in [1.54, 1.807) is 18.2 Å². The van der Waals surface area contributed by atoms with Gasteiger partial charge in [0.25, 0.3) is 15.9 Å². The zero-order valence-corrected chi connectivity index (χ0v) is 15.0. The quantitative estimate of drug-likeness (QED) is 0.739. The third kappa shape index (κ3) is 4.79. The lowest BCUT2D eigenvalue weighted by atomic mass is 10.1. The average Bonchev–Trinajstić information content (AvgIpc) is 2.54. The molecular formula is C18H21FN2O3S. The fraction of sp³-hybridized carbons (Fsp3) is 0.278. The van der Waals surface area contributed by atoms with E-state index >= 15 is 0 Å². The smallest absolute Gasteiger partial charge is 0.262 e. The molecule has 134 valence electrons. The topological polar surface area (TPSA) is 75.3 Å². The molecule has 2 aromatic rings. The molecule has 2 aromatic carbocycles. The van der Waals surface area contributed by atoms with Crippen LogP contribution in [0, 0.1) is 12.7 Å². The molecule has 0 saturated carbocycles. The molecule has 0 saturated heterocycles. The molecule has 0 radical (unpaired) electrons. The second kappa shape index (κ2) is 8.11. The Morgan fingerprint density at radius 3 is 2.56 bits per heavy atom. The highest BCUT2D eigenvalue weighted by Gasteiger charge is 2.20. The molecule has 1 amide bonds. The van der Waals surface area contributed by atoms with Crippen molar-refractivity contribution in [3.63, 3.8) is 0 Å². The summed E-state index contributed by atoms with van der Waals surface area (Å²) in [4.78, 5) is 12.2. The molecule has 2 N–H and O–H groups in total. The van der Waals surface area contributed by atoms with Crippen LogP contribution in [-0.2, 0) is 10.0 Å². The van der Waals surface area contributed by atoms with Crippen molar-refractivity contribution in [2.75, 3.05) is 11.3 Å². The third-order valence-corrected chi connectivity index (χ3v) is 5.18. The number of nitrogens with one attached hydrogen (secondary N) is 2. The second-order valence-electron chi connectivity index (χ2n) is 5.67. The van der Waals surface area contributed by atoms with Crippen molar-refractivity contribution in [3.8, 4) is 0 Å². The maximum absolute atomic E-state index is 13.2. The highest BCUT2D eigenvalue weighted by molar-refractivity contribution is 7.92. The average molecular weight is 364 g/mol. The molecule has 0 unspecified atom stereocenters. The van der Waals surface area contributed by atoms with Crippen molar-refractivity contribution in [2.24, 2.45) is 0 Å². The van der Waals surface area contributed by atoms with Crippen molar-refractivity contribution >= 4 is 21.6 Å². The van der Waals surface area contributed by atoms with Gasteiger partial charge in [-0.1, -0.05) is 25.5 Å². The minimum absolute atomic E-state index is 0.0323. The standard InChI is InChI=1S/C18H21FN2O3S/c1-3-4-11-20-18(22)15-7-5-6-8-16(15)21-25(23,24)17-10-9-14(19)12-13(17)2/h5-10,12,21H,3-4,11H2,1-2H3,(H,20,22). The molecule has 2 rings (SSSR count). The molecule has 0 atom stereocenters. The van der Waals surface area contributed by atoms with Crippen molar-refractivity contribution in [2.45, 2.75) is 31.6 Å². The van der Waals surface area contributed by atoms with Crippen molar-refractivity contribution in [3.05, 3.63) is 59.4 Å². The lowest BCUT2D eigenvalue weighted by Gasteiger charge is -2.14. The molecule has 5 nitrogen and oxygen atoms in total. The summed E-state index contributed by atoms with van der Waals surface area (Å²) in [6.45, 7) is 4.05. The van der Waals surface area contributed by atoms with Gasteiger partial charge in [0.2, 0.25) is 0 Å². The maximum atomic E-state index is 13.2. The lowest BCUT2D eigenvalue weighted by molar-refractivity contribution is 0.0954. The van der Waals surface area contributed by atoms with Gasteiger partial charge in [0.15, 0.2) is 0 Å². The van der Waals surface area contributed by atoms with Gasteiger partial charge >= 0.3 is 0 Å². The largest absolute Gasteiger partial charge is 0.352 e. The Bertz CT molecular complexity index is 866. The minimum Gasteiger partial charge on any atom is -0.352 e. The van der Waals surface area contributed by atoms with E-state index in [1.165, 1.54) is 19.1 Å². The van der Waals surface area contributed by atoms with E-state index in [0.29, 0.717) is 6.54 Å². The van der Waals surface area contributed by atoms with Crippen molar-refractivity contribution in [1.29, 1.82) is 0 Å². The Morgan fingerprint density at radius 2 is 1.88 bits per heavy atom. The van der Waals surface area contributed by atoms with E-state index in [2.05, 4.69) is 10.0 Å². The van der Waals surface area contributed by atoms with Gasteiger partial charge < -0.3 is 5.32 Å². The van der Waals surface area contributed by atoms with Crippen LogP contribution in [0.4, 0.5) is 10.1 Å². The van der Waals surface area contributed by atoms with Crippen LogP contribution in [0.3, 0.4) is 0 Å². The number of amides is 1. The fourth-order valence-corrected chi connectivity index (χ4v) is 3.67. The number of aryl methyl sites for hydroxylation is 1. The molecule has 0 fully saturated rings. The highest BCUT2D eigenvalue weighted by atomic mass is 32.2. The highest BCUT2D eigenvalue weighted by Crippen LogP contribution is 2.22. The summed E-state index contributed by atoms with van der Waals surface area (Å²) in [7, 11) is -3.94. The van der Waals surface area contributed by atoms with Gasteiger partial charge in [-0.05, 0) is 49.2 Å². The summed E-state index contributed by atoms with van der Waals surface area (Å²) < 4.78 is 40.8. The van der Waals surface area contributed by atoms with Gasteiger partial charge in [-0.15, -0.1) is 0 Å². The summed E-state index contributed by atoms with van der Waals surface area (Å²) >= 11 is 0. The normalized spacial score (nSPS) is 11.2. The number of anilines is 1. The number of hydrogen-bond acceptors (Lipinski definition) is 3. The van der Waals surface area contributed by atoms with E-state index in [-0.39, 0.29) is 27.6 Å². The molecule has 0 aromatic heterocycles. The predicted molar refractivity (Wildman–Crippen MR) is 95.6 cm³/mol. The molecule has 0 bridgehead atoms. The number of hydrogen-bond donors (Lipinski definition) is 2. The zero-order valence-electron chi connectivity index (χ0n) is 14.2.